The van der Waals surface area contributed by atoms with Gasteiger partial charge in [0.2, 0.25) is 5.91 Å². The Labute approximate surface area is 219 Å². The minimum absolute atomic E-state index is 0.0569. The van der Waals surface area contributed by atoms with Crippen molar-refractivity contribution in [2.75, 3.05) is 32.1 Å². The molecule has 5 rings (SSSR count). The fourth-order valence-corrected chi connectivity index (χ4v) is 4.82. The number of carbonyl (C=O) groups is 2. The SMILES string of the molecule is COc1ccccc1-c1cc(C2=CCCN(C(=O)CCN)C2)c(F)c2[nH]c(C(=O)Nc3ccnn3C)cc12. The number of amides is 2. The Hall–Kier alpha value is -4.44. The lowest BCUT2D eigenvalue weighted by molar-refractivity contribution is -0.130. The van der Waals surface area contributed by atoms with E-state index >= 15 is 4.39 Å². The van der Waals surface area contributed by atoms with Gasteiger partial charge in [-0.05, 0) is 35.8 Å². The molecular formula is C28H29FN6O3. The molecule has 3 heterocycles. The predicted octanol–water partition coefficient (Wildman–Crippen LogP) is 3.93. The van der Waals surface area contributed by atoms with Crippen molar-refractivity contribution in [3.05, 3.63) is 71.8 Å². The van der Waals surface area contributed by atoms with Gasteiger partial charge in [-0.15, -0.1) is 0 Å². The summed E-state index contributed by atoms with van der Waals surface area (Å²) in [6, 6.07) is 12.6. The number of carbonyl (C=O) groups excluding carboxylic acids is 2. The molecule has 0 saturated heterocycles. The van der Waals surface area contributed by atoms with E-state index in [1.807, 2.05) is 30.3 Å². The van der Waals surface area contributed by atoms with Crippen LogP contribution in [0.1, 0.15) is 28.9 Å². The lowest BCUT2D eigenvalue weighted by Gasteiger charge is -2.28. The summed E-state index contributed by atoms with van der Waals surface area (Å²) in [6.45, 7) is 1.10. The normalized spacial score (nSPS) is 13.5. The second kappa shape index (κ2) is 10.5. The highest BCUT2D eigenvalue weighted by molar-refractivity contribution is 6.09. The Morgan fingerprint density at radius 1 is 1.18 bits per heavy atom. The van der Waals surface area contributed by atoms with Crippen LogP contribution in [-0.4, -0.2) is 58.2 Å². The van der Waals surface area contributed by atoms with Crippen molar-refractivity contribution < 1.29 is 18.7 Å². The summed E-state index contributed by atoms with van der Waals surface area (Å²) >= 11 is 0. The zero-order valence-corrected chi connectivity index (χ0v) is 21.3. The highest BCUT2D eigenvalue weighted by atomic mass is 19.1. The molecule has 0 bridgehead atoms. The molecule has 0 saturated carbocycles. The zero-order valence-electron chi connectivity index (χ0n) is 21.3. The Bertz CT molecular complexity index is 1550. The molecular weight excluding hydrogens is 487 g/mol. The van der Waals surface area contributed by atoms with E-state index in [1.54, 1.807) is 43.5 Å². The fourth-order valence-electron chi connectivity index (χ4n) is 4.82. The summed E-state index contributed by atoms with van der Waals surface area (Å²) < 4.78 is 23.3. The van der Waals surface area contributed by atoms with Crippen molar-refractivity contribution in [2.45, 2.75) is 12.8 Å². The minimum Gasteiger partial charge on any atom is -0.496 e. The average Bonchev–Trinajstić information content (AvgIpc) is 3.56. The van der Waals surface area contributed by atoms with E-state index in [9.17, 15) is 9.59 Å². The number of nitrogens with one attached hydrogen (secondary N) is 2. The van der Waals surface area contributed by atoms with Gasteiger partial charge < -0.3 is 25.7 Å². The van der Waals surface area contributed by atoms with E-state index in [2.05, 4.69) is 15.4 Å². The lowest BCUT2D eigenvalue weighted by Crippen LogP contribution is -2.36. The number of aryl methyl sites for hydroxylation is 1. The molecule has 1 aliphatic heterocycles. The van der Waals surface area contributed by atoms with E-state index in [1.165, 1.54) is 4.68 Å². The number of aromatic amines is 1. The maximum Gasteiger partial charge on any atom is 0.273 e. The van der Waals surface area contributed by atoms with E-state index in [0.717, 1.165) is 5.56 Å². The van der Waals surface area contributed by atoms with Gasteiger partial charge in [0.15, 0.2) is 5.82 Å². The Balaban J connectivity index is 1.64. The molecule has 4 N–H and O–H groups in total. The summed E-state index contributed by atoms with van der Waals surface area (Å²) in [6.07, 6.45) is 4.39. The van der Waals surface area contributed by atoms with Gasteiger partial charge in [-0.1, -0.05) is 24.3 Å². The molecule has 196 valence electrons. The molecule has 0 atom stereocenters. The van der Waals surface area contributed by atoms with Gasteiger partial charge in [-0.2, -0.15) is 5.10 Å². The number of H-pyrrole nitrogens is 1. The number of nitrogens with two attached hydrogens (primary N) is 1. The van der Waals surface area contributed by atoms with Crippen molar-refractivity contribution in [1.29, 1.82) is 0 Å². The van der Waals surface area contributed by atoms with Crippen molar-refractivity contribution >= 4 is 34.1 Å². The van der Waals surface area contributed by atoms with Gasteiger partial charge in [0.05, 0.1) is 18.8 Å². The first-order valence-electron chi connectivity index (χ1n) is 12.4. The quantitative estimate of drug-likeness (QED) is 0.344. The van der Waals surface area contributed by atoms with Crippen LogP contribution in [0, 0.1) is 5.82 Å². The number of hydrogen-bond donors (Lipinski definition) is 3. The number of rotatable bonds is 7. The number of hydrogen-bond acceptors (Lipinski definition) is 5. The van der Waals surface area contributed by atoms with Crippen molar-refractivity contribution in [3.8, 4) is 16.9 Å². The molecule has 4 aromatic rings. The van der Waals surface area contributed by atoms with Crippen LogP contribution < -0.4 is 15.8 Å². The molecule has 0 spiro atoms. The first kappa shape index (κ1) is 25.2. The first-order chi connectivity index (χ1) is 18.4. The second-order valence-corrected chi connectivity index (χ2v) is 9.12. The topological polar surface area (TPSA) is 118 Å². The van der Waals surface area contributed by atoms with Gasteiger partial charge in [0, 0.05) is 55.7 Å². The highest BCUT2D eigenvalue weighted by Gasteiger charge is 2.25. The van der Waals surface area contributed by atoms with Crippen LogP contribution in [-0.2, 0) is 11.8 Å². The molecule has 9 nitrogen and oxygen atoms in total. The average molecular weight is 517 g/mol. The Kier molecular flexibility index (Phi) is 6.97. The molecule has 10 heteroatoms. The molecule has 38 heavy (non-hydrogen) atoms. The monoisotopic (exact) mass is 516 g/mol. The van der Waals surface area contributed by atoms with E-state index in [4.69, 9.17) is 10.5 Å². The van der Waals surface area contributed by atoms with Crippen molar-refractivity contribution in [3.63, 3.8) is 0 Å². The highest BCUT2D eigenvalue weighted by Crippen LogP contribution is 2.40. The van der Waals surface area contributed by atoms with Crippen LogP contribution in [0.4, 0.5) is 10.2 Å². The van der Waals surface area contributed by atoms with Gasteiger partial charge in [-0.25, -0.2) is 4.39 Å². The summed E-state index contributed by atoms with van der Waals surface area (Å²) in [5.74, 6) is 0.156. The van der Waals surface area contributed by atoms with Crippen LogP contribution in [0.5, 0.6) is 5.75 Å². The summed E-state index contributed by atoms with van der Waals surface area (Å²) in [5, 5.41) is 7.40. The van der Waals surface area contributed by atoms with Gasteiger partial charge in [0.1, 0.15) is 17.3 Å². The van der Waals surface area contributed by atoms with Crippen LogP contribution in [0.2, 0.25) is 0 Å². The Morgan fingerprint density at radius 3 is 2.74 bits per heavy atom. The van der Waals surface area contributed by atoms with Gasteiger partial charge >= 0.3 is 0 Å². The molecule has 0 aliphatic carbocycles. The number of para-hydroxylation sites is 1. The van der Waals surface area contributed by atoms with Gasteiger partial charge in [0.25, 0.3) is 5.91 Å². The third kappa shape index (κ3) is 4.66. The maximum absolute atomic E-state index is 16.2. The van der Waals surface area contributed by atoms with Crippen LogP contribution in [0.3, 0.4) is 0 Å². The Morgan fingerprint density at radius 2 is 2.00 bits per heavy atom. The predicted molar refractivity (Wildman–Crippen MR) is 144 cm³/mol. The first-order valence-corrected chi connectivity index (χ1v) is 12.4. The number of aromatic nitrogens is 3. The van der Waals surface area contributed by atoms with Crippen molar-refractivity contribution in [2.24, 2.45) is 12.8 Å². The third-order valence-corrected chi connectivity index (χ3v) is 6.76. The van der Waals surface area contributed by atoms with Crippen molar-refractivity contribution in [1.82, 2.24) is 19.7 Å². The molecule has 0 unspecified atom stereocenters. The largest absolute Gasteiger partial charge is 0.496 e. The van der Waals surface area contributed by atoms with E-state index in [0.29, 0.717) is 46.6 Å². The van der Waals surface area contributed by atoms with Gasteiger partial charge in [-0.3, -0.25) is 14.3 Å². The summed E-state index contributed by atoms with van der Waals surface area (Å²) in [5.41, 5.74) is 8.51. The minimum atomic E-state index is -0.488. The molecule has 0 radical (unpaired) electrons. The van der Waals surface area contributed by atoms with E-state index < -0.39 is 11.7 Å². The van der Waals surface area contributed by atoms with Crippen LogP contribution >= 0.6 is 0 Å². The summed E-state index contributed by atoms with van der Waals surface area (Å²) in [4.78, 5) is 30.3. The summed E-state index contributed by atoms with van der Waals surface area (Å²) in [7, 11) is 3.29. The molecule has 2 aromatic carbocycles. The number of nitrogens with zero attached hydrogens (tertiary/aromatic N) is 3. The second-order valence-electron chi connectivity index (χ2n) is 9.12. The molecule has 0 fully saturated rings. The van der Waals surface area contributed by atoms with Crippen LogP contribution in [0.25, 0.3) is 27.6 Å². The number of halogens is 1. The zero-order chi connectivity index (χ0) is 26.8. The fraction of sp³-hybridized carbons (Fsp3) is 0.250. The lowest BCUT2D eigenvalue weighted by atomic mass is 9.93. The number of anilines is 1. The molecule has 2 amide bonds. The molecule has 2 aromatic heterocycles. The standard InChI is InChI=1S/C28H29FN6O3/c1-34-24(10-12-31-34)33-28(37)22-15-21-20(18-7-3-4-8-23(18)38-2)14-19(26(29)27(21)32-22)17-6-5-13-35(16-17)25(36)9-11-30/h3-4,6-8,10,12,14-15,32H,5,9,11,13,16,30H2,1-2H3,(H,33,37). The number of fused-ring (bicyclic) bond motifs is 1. The number of methoxy groups -OCH3 is 1. The number of ether oxygens (including phenoxy) is 1. The number of benzene rings is 2. The van der Waals surface area contributed by atoms with Crippen LogP contribution in [0.15, 0.2) is 54.7 Å². The smallest absolute Gasteiger partial charge is 0.273 e. The third-order valence-electron chi connectivity index (χ3n) is 6.76. The van der Waals surface area contributed by atoms with E-state index in [-0.39, 0.29) is 36.6 Å². The molecule has 1 aliphatic rings. The maximum atomic E-state index is 16.2.